The van der Waals surface area contributed by atoms with E-state index in [1.54, 1.807) is 6.07 Å². The van der Waals surface area contributed by atoms with Gasteiger partial charge in [-0.05, 0) is 129 Å². The van der Waals surface area contributed by atoms with Gasteiger partial charge in [0.25, 0.3) is 0 Å². The second-order valence-electron chi connectivity index (χ2n) is 12.9. The standard InChI is InChI=1S/C29H42F3NO.C2H6/c1-18(4-5-19-6-11-26(33-17-19)29(30,31)32)23-9-10-24-22-8-7-20-16-21(34)12-14-27(20,2)25(22)13-15-28(23,24)3;1-2/h6,11,17-18,20-25,34H,4-5,7-10,12-16H2,1-3H3;1-2H3. The molecule has 4 aliphatic rings. The molecule has 0 radical (unpaired) electrons. The van der Waals surface area contributed by atoms with Crippen LogP contribution in [0.4, 0.5) is 13.2 Å². The van der Waals surface area contributed by atoms with Gasteiger partial charge in [-0.3, -0.25) is 4.98 Å². The lowest BCUT2D eigenvalue weighted by Crippen LogP contribution is -2.54. The van der Waals surface area contributed by atoms with E-state index in [0.29, 0.717) is 28.6 Å². The summed E-state index contributed by atoms with van der Waals surface area (Å²) in [5.41, 5.74) is 0.927. The summed E-state index contributed by atoms with van der Waals surface area (Å²) in [7, 11) is 0. The Balaban J connectivity index is 0.00000148. The van der Waals surface area contributed by atoms with Gasteiger partial charge in [0.15, 0.2) is 0 Å². The molecule has 9 atom stereocenters. The maximum absolute atomic E-state index is 12.8. The molecule has 4 saturated carbocycles. The molecule has 0 aliphatic heterocycles. The van der Waals surface area contributed by atoms with Crippen molar-refractivity contribution in [2.45, 2.75) is 118 Å². The predicted molar refractivity (Wildman–Crippen MR) is 139 cm³/mol. The molecule has 1 N–H and O–H groups in total. The number of aryl methyl sites for hydroxylation is 1. The molecule has 0 bridgehead atoms. The Labute approximate surface area is 216 Å². The molecule has 1 aromatic rings. The Hall–Kier alpha value is -1.10. The van der Waals surface area contributed by atoms with Crippen LogP contribution in [0.15, 0.2) is 18.3 Å². The highest BCUT2D eigenvalue weighted by atomic mass is 19.4. The van der Waals surface area contributed by atoms with E-state index >= 15 is 0 Å². The van der Waals surface area contributed by atoms with Crippen molar-refractivity contribution in [2.24, 2.45) is 46.3 Å². The summed E-state index contributed by atoms with van der Waals surface area (Å²) in [5, 5.41) is 10.3. The zero-order valence-electron chi connectivity index (χ0n) is 23.1. The molecular weight excluding hydrogens is 459 g/mol. The fraction of sp³-hybridized carbons (Fsp3) is 0.839. The number of pyridine rings is 1. The number of aromatic nitrogens is 1. The van der Waals surface area contributed by atoms with E-state index in [4.69, 9.17) is 0 Å². The van der Waals surface area contributed by atoms with Gasteiger partial charge in [-0.1, -0.05) is 40.7 Å². The first kappa shape index (κ1) is 27.9. The fourth-order valence-electron chi connectivity index (χ4n) is 9.55. The van der Waals surface area contributed by atoms with E-state index in [2.05, 4.69) is 25.8 Å². The third-order valence-electron chi connectivity index (χ3n) is 11.4. The third kappa shape index (κ3) is 4.99. The Morgan fingerprint density at radius 1 is 0.972 bits per heavy atom. The number of fused-ring (bicyclic) bond motifs is 5. The van der Waals surface area contributed by atoms with Crippen molar-refractivity contribution in [3.05, 3.63) is 29.6 Å². The summed E-state index contributed by atoms with van der Waals surface area (Å²) >= 11 is 0. The van der Waals surface area contributed by atoms with E-state index in [0.717, 1.165) is 55.1 Å². The highest BCUT2D eigenvalue weighted by Crippen LogP contribution is 2.68. The van der Waals surface area contributed by atoms with Crippen molar-refractivity contribution in [1.29, 1.82) is 0 Å². The Morgan fingerprint density at radius 3 is 2.33 bits per heavy atom. The van der Waals surface area contributed by atoms with Gasteiger partial charge in [-0.25, -0.2) is 0 Å². The summed E-state index contributed by atoms with van der Waals surface area (Å²) in [5.74, 6) is 4.47. The smallest absolute Gasteiger partial charge is 0.393 e. The lowest BCUT2D eigenvalue weighted by atomic mass is 9.44. The van der Waals surface area contributed by atoms with Crippen molar-refractivity contribution >= 4 is 0 Å². The van der Waals surface area contributed by atoms with Gasteiger partial charge in [-0.2, -0.15) is 13.2 Å². The molecule has 0 spiro atoms. The topological polar surface area (TPSA) is 33.1 Å². The SMILES string of the molecule is CC.CC(CCc1ccc(C(F)(F)F)nc1)C1CCC2C3CCC4CC(O)CCC4(C)C3CCC12C. The first-order chi connectivity index (χ1) is 17.0. The maximum Gasteiger partial charge on any atom is 0.433 e. The van der Waals surface area contributed by atoms with E-state index in [1.165, 1.54) is 51.1 Å². The van der Waals surface area contributed by atoms with Crippen molar-refractivity contribution in [2.75, 3.05) is 0 Å². The predicted octanol–water partition coefficient (Wildman–Crippen LogP) is 8.72. The zero-order chi connectivity index (χ0) is 26.3. The van der Waals surface area contributed by atoms with Gasteiger partial charge in [0.05, 0.1) is 6.10 Å². The number of rotatable bonds is 4. The molecule has 0 saturated heterocycles. The van der Waals surface area contributed by atoms with Crippen LogP contribution >= 0.6 is 0 Å². The summed E-state index contributed by atoms with van der Waals surface area (Å²) in [6, 6.07) is 2.72. The fourth-order valence-corrected chi connectivity index (χ4v) is 9.55. The van der Waals surface area contributed by atoms with E-state index in [9.17, 15) is 18.3 Å². The molecule has 36 heavy (non-hydrogen) atoms. The monoisotopic (exact) mass is 507 g/mol. The second kappa shape index (κ2) is 10.6. The first-order valence-corrected chi connectivity index (χ1v) is 14.7. The molecule has 5 heteroatoms. The largest absolute Gasteiger partial charge is 0.433 e. The van der Waals surface area contributed by atoms with Gasteiger partial charge in [-0.15, -0.1) is 0 Å². The Morgan fingerprint density at radius 2 is 1.67 bits per heavy atom. The number of nitrogens with zero attached hydrogens (tertiary/aromatic N) is 1. The van der Waals surface area contributed by atoms with Gasteiger partial charge in [0, 0.05) is 6.20 Å². The molecule has 9 unspecified atom stereocenters. The van der Waals surface area contributed by atoms with Crippen molar-refractivity contribution in [1.82, 2.24) is 4.98 Å². The van der Waals surface area contributed by atoms with Crippen LogP contribution in [-0.4, -0.2) is 16.2 Å². The lowest BCUT2D eigenvalue weighted by molar-refractivity contribution is -0.141. The lowest BCUT2D eigenvalue weighted by Gasteiger charge is -2.61. The minimum absolute atomic E-state index is 0.0833. The average Bonchev–Trinajstić information content (AvgIpc) is 3.21. The minimum atomic E-state index is -4.37. The second-order valence-corrected chi connectivity index (χ2v) is 12.9. The molecule has 4 fully saturated rings. The first-order valence-electron chi connectivity index (χ1n) is 14.7. The number of hydrogen-bond donors (Lipinski definition) is 1. The van der Waals surface area contributed by atoms with Crippen LogP contribution in [-0.2, 0) is 12.6 Å². The van der Waals surface area contributed by atoms with Gasteiger partial charge >= 0.3 is 6.18 Å². The molecule has 0 amide bonds. The molecule has 1 heterocycles. The molecule has 2 nitrogen and oxygen atoms in total. The van der Waals surface area contributed by atoms with Crippen LogP contribution in [0.2, 0.25) is 0 Å². The van der Waals surface area contributed by atoms with Crippen LogP contribution < -0.4 is 0 Å². The summed E-state index contributed by atoms with van der Waals surface area (Å²) in [6.07, 6.45) is 9.93. The molecule has 4 aliphatic carbocycles. The number of aliphatic hydroxyl groups excluding tert-OH is 1. The Kier molecular flexibility index (Phi) is 8.20. The number of alkyl halides is 3. The summed E-state index contributed by atoms with van der Waals surface area (Å²) in [6.45, 7) is 11.5. The normalized spacial score (nSPS) is 40.8. The van der Waals surface area contributed by atoms with Gasteiger partial charge in [0.1, 0.15) is 5.69 Å². The van der Waals surface area contributed by atoms with Crippen molar-refractivity contribution in [3.63, 3.8) is 0 Å². The highest BCUT2D eigenvalue weighted by molar-refractivity contribution is 5.16. The molecule has 5 rings (SSSR count). The van der Waals surface area contributed by atoms with Crippen LogP contribution in [0, 0.1) is 46.3 Å². The third-order valence-corrected chi connectivity index (χ3v) is 11.4. The van der Waals surface area contributed by atoms with E-state index in [-0.39, 0.29) is 6.10 Å². The number of hydrogen-bond acceptors (Lipinski definition) is 2. The molecule has 204 valence electrons. The Bertz CT molecular complexity index is 870. The van der Waals surface area contributed by atoms with Gasteiger partial charge in [0.2, 0.25) is 0 Å². The average molecular weight is 508 g/mol. The molecule has 1 aromatic heterocycles. The van der Waals surface area contributed by atoms with Gasteiger partial charge < -0.3 is 5.11 Å². The molecular formula is C31H48F3NO. The van der Waals surface area contributed by atoms with Crippen LogP contribution in [0.5, 0.6) is 0 Å². The zero-order valence-corrected chi connectivity index (χ0v) is 23.1. The van der Waals surface area contributed by atoms with Crippen LogP contribution in [0.25, 0.3) is 0 Å². The van der Waals surface area contributed by atoms with Crippen molar-refractivity contribution in [3.8, 4) is 0 Å². The number of halogens is 3. The minimum Gasteiger partial charge on any atom is -0.393 e. The highest BCUT2D eigenvalue weighted by Gasteiger charge is 2.60. The van der Waals surface area contributed by atoms with Crippen LogP contribution in [0.3, 0.4) is 0 Å². The summed E-state index contributed by atoms with van der Waals surface area (Å²) in [4.78, 5) is 3.65. The van der Waals surface area contributed by atoms with E-state index < -0.39 is 11.9 Å². The number of aliphatic hydroxyl groups is 1. The van der Waals surface area contributed by atoms with Crippen molar-refractivity contribution < 1.29 is 18.3 Å². The van der Waals surface area contributed by atoms with Crippen LogP contribution in [0.1, 0.15) is 110 Å². The maximum atomic E-state index is 12.8. The molecule has 0 aromatic carbocycles. The van der Waals surface area contributed by atoms with E-state index in [1.807, 2.05) is 13.8 Å². The summed E-state index contributed by atoms with van der Waals surface area (Å²) < 4.78 is 38.4. The quantitative estimate of drug-likeness (QED) is 0.442.